The van der Waals surface area contributed by atoms with Crippen LogP contribution in [0.5, 0.6) is 17.2 Å². The molecule has 0 saturated heterocycles. The number of hydrazone groups is 1. The molecule has 0 N–H and O–H groups in total. The number of fused-ring (bicyclic) bond motifs is 3. The van der Waals surface area contributed by atoms with Crippen molar-refractivity contribution in [1.29, 1.82) is 0 Å². The van der Waals surface area contributed by atoms with E-state index in [1.807, 2.05) is 67.4 Å². The van der Waals surface area contributed by atoms with Crippen LogP contribution < -0.4 is 14.2 Å². The summed E-state index contributed by atoms with van der Waals surface area (Å²) in [7, 11) is 0. The highest BCUT2D eigenvalue weighted by Gasteiger charge is 2.42. The van der Waals surface area contributed by atoms with Gasteiger partial charge in [0.05, 0.1) is 25.0 Å². The Balaban J connectivity index is 1.57. The van der Waals surface area contributed by atoms with Gasteiger partial charge in [-0.2, -0.15) is 5.10 Å². The van der Waals surface area contributed by atoms with Gasteiger partial charge in [0.1, 0.15) is 5.75 Å². The summed E-state index contributed by atoms with van der Waals surface area (Å²) in [4.78, 5) is 0. The minimum absolute atomic E-state index is 0.0296. The zero-order chi connectivity index (χ0) is 22.1. The van der Waals surface area contributed by atoms with Gasteiger partial charge in [0.15, 0.2) is 11.5 Å². The van der Waals surface area contributed by atoms with Crippen molar-refractivity contribution in [3.63, 3.8) is 0 Å². The van der Waals surface area contributed by atoms with Crippen LogP contribution in [0, 0.1) is 0 Å². The first-order valence-electron chi connectivity index (χ1n) is 11.0. The molecule has 0 fully saturated rings. The molecule has 2 aliphatic rings. The first-order chi connectivity index (χ1) is 15.7. The number of halogens is 1. The second-order valence-electron chi connectivity index (χ2n) is 7.70. The molecule has 0 unspecified atom stereocenters. The molecule has 2 atom stereocenters. The molecule has 164 valence electrons. The molecule has 3 aromatic rings. The fourth-order valence-electron chi connectivity index (χ4n) is 4.32. The average Bonchev–Trinajstić information content (AvgIpc) is 3.26. The zero-order valence-corrected chi connectivity index (χ0v) is 18.9. The number of hydrogen-bond acceptors (Lipinski definition) is 5. The largest absolute Gasteiger partial charge is 0.494 e. The van der Waals surface area contributed by atoms with Gasteiger partial charge in [-0.3, -0.25) is 0 Å². The van der Waals surface area contributed by atoms with Gasteiger partial charge in [-0.25, -0.2) is 5.01 Å². The van der Waals surface area contributed by atoms with Crippen LogP contribution >= 0.6 is 11.6 Å². The van der Waals surface area contributed by atoms with E-state index in [1.54, 1.807) is 0 Å². The van der Waals surface area contributed by atoms with E-state index < -0.39 is 6.23 Å². The lowest BCUT2D eigenvalue weighted by Crippen LogP contribution is -2.34. The maximum absolute atomic E-state index is 6.58. The number of rotatable bonds is 6. The molecule has 32 heavy (non-hydrogen) atoms. The molecule has 0 aliphatic carbocycles. The normalized spacial score (nSPS) is 19.0. The van der Waals surface area contributed by atoms with Crippen molar-refractivity contribution in [1.82, 2.24) is 5.01 Å². The summed E-state index contributed by atoms with van der Waals surface area (Å²) >= 11 is 6.58. The van der Waals surface area contributed by atoms with Gasteiger partial charge in [-0.15, -0.1) is 0 Å². The predicted molar refractivity (Wildman–Crippen MR) is 126 cm³/mol. The van der Waals surface area contributed by atoms with Crippen LogP contribution in [0.4, 0.5) is 0 Å². The van der Waals surface area contributed by atoms with E-state index in [0.717, 1.165) is 46.1 Å². The quantitative estimate of drug-likeness (QED) is 0.439. The SMILES string of the molecule is CCOc1ccc(C2=NN3[C@@H](c4ccccc4Cl)Oc4c(OCC)cccc4[C@@H]3C2)cc1. The van der Waals surface area contributed by atoms with E-state index in [-0.39, 0.29) is 6.04 Å². The molecule has 0 spiro atoms. The average molecular weight is 449 g/mol. The summed E-state index contributed by atoms with van der Waals surface area (Å²) in [5.41, 5.74) is 4.04. The summed E-state index contributed by atoms with van der Waals surface area (Å²) in [6.07, 6.45) is 0.323. The summed E-state index contributed by atoms with van der Waals surface area (Å²) < 4.78 is 18.0. The third-order valence-electron chi connectivity index (χ3n) is 5.75. The third kappa shape index (κ3) is 3.67. The van der Waals surface area contributed by atoms with Gasteiger partial charge in [0.2, 0.25) is 6.23 Å². The van der Waals surface area contributed by atoms with Gasteiger partial charge in [0, 0.05) is 22.6 Å². The maximum atomic E-state index is 6.58. The maximum Gasteiger partial charge on any atom is 0.215 e. The van der Waals surface area contributed by atoms with E-state index in [2.05, 4.69) is 18.2 Å². The molecule has 5 nitrogen and oxygen atoms in total. The van der Waals surface area contributed by atoms with Crippen LogP contribution in [0.15, 0.2) is 71.8 Å². The smallest absolute Gasteiger partial charge is 0.215 e. The Morgan fingerprint density at radius 2 is 1.69 bits per heavy atom. The summed E-state index contributed by atoms with van der Waals surface area (Å²) in [5.74, 6) is 2.37. The van der Waals surface area contributed by atoms with Crippen molar-refractivity contribution < 1.29 is 14.2 Å². The molecule has 0 radical (unpaired) electrons. The highest BCUT2D eigenvalue weighted by atomic mass is 35.5. The summed E-state index contributed by atoms with van der Waals surface area (Å²) in [5, 5.41) is 7.70. The van der Waals surface area contributed by atoms with Crippen molar-refractivity contribution in [2.45, 2.75) is 32.5 Å². The number of hydrogen-bond donors (Lipinski definition) is 0. The highest BCUT2D eigenvalue weighted by Crippen LogP contribution is 2.51. The van der Waals surface area contributed by atoms with E-state index in [1.165, 1.54) is 0 Å². The van der Waals surface area contributed by atoms with E-state index in [9.17, 15) is 0 Å². The topological polar surface area (TPSA) is 43.3 Å². The molecule has 6 heteroatoms. The highest BCUT2D eigenvalue weighted by molar-refractivity contribution is 6.31. The molecule has 0 aromatic heterocycles. The van der Waals surface area contributed by atoms with Crippen LogP contribution in [0.3, 0.4) is 0 Å². The Morgan fingerprint density at radius 1 is 0.938 bits per heavy atom. The minimum atomic E-state index is -0.442. The predicted octanol–water partition coefficient (Wildman–Crippen LogP) is 6.38. The Kier molecular flexibility index (Phi) is 5.66. The van der Waals surface area contributed by atoms with Crippen molar-refractivity contribution in [2.24, 2.45) is 5.10 Å². The monoisotopic (exact) mass is 448 g/mol. The van der Waals surface area contributed by atoms with Crippen LogP contribution in [-0.4, -0.2) is 23.9 Å². The Hall–Kier alpha value is -3.18. The van der Waals surface area contributed by atoms with Crippen LogP contribution in [0.1, 0.15) is 49.2 Å². The number of benzene rings is 3. The van der Waals surface area contributed by atoms with E-state index >= 15 is 0 Å². The van der Waals surface area contributed by atoms with Gasteiger partial charge < -0.3 is 14.2 Å². The number of nitrogens with zero attached hydrogens (tertiary/aromatic N) is 2. The lowest BCUT2D eigenvalue weighted by molar-refractivity contribution is -0.0211. The van der Waals surface area contributed by atoms with Gasteiger partial charge >= 0.3 is 0 Å². The third-order valence-corrected chi connectivity index (χ3v) is 6.09. The standard InChI is InChI=1S/C26H25ClN2O3/c1-3-30-18-14-12-17(13-15-18)22-16-23-20-9-7-11-24(31-4-2)25(20)32-26(29(23)28-22)19-8-5-6-10-21(19)27/h5-15,23,26H,3-4,16H2,1-2H3/t23-,26+/m0/s1. The second kappa shape index (κ2) is 8.75. The number of ether oxygens (including phenoxy) is 3. The molecule has 3 aromatic carbocycles. The van der Waals surface area contributed by atoms with E-state index in [4.69, 9.17) is 30.9 Å². The van der Waals surface area contributed by atoms with Crippen LogP contribution in [0.2, 0.25) is 5.02 Å². The summed E-state index contributed by atoms with van der Waals surface area (Å²) in [6.45, 7) is 5.17. The van der Waals surface area contributed by atoms with E-state index in [0.29, 0.717) is 18.2 Å². The summed E-state index contributed by atoms with van der Waals surface area (Å²) in [6, 6.07) is 21.9. The number of para-hydroxylation sites is 1. The van der Waals surface area contributed by atoms with Crippen molar-refractivity contribution >= 4 is 17.3 Å². The van der Waals surface area contributed by atoms with Gasteiger partial charge in [-0.05, 0) is 55.8 Å². The Morgan fingerprint density at radius 3 is 2.44 bits per heavy atom. The fraction of sp³-hybridized carbons (Fsp3) is 0.269. The minimum Gasteiger partial charge on any atom is -0.494 e. The van der Waals surface area contributed by atoms with Crippen molar-refractivity contribution in [3.05, 3.63) is 88.4 Å². The molecule has 0 bridgehead atoms. The molecule has 2 aliphatic heterocycles. The first kappa shape index (κ1) is 20.7. The van der Waals surface area contributed by atoms with Crippen LogP contribution in [0.25, 0.3) is 0 Å². The molecule has 0 saturated carbocycles. The van der Waals surface area contributed by atoms with Crippen molar-refractivity contribution in [3.8, 4) is 17.2 Å². The molecule has 2 heterocycles. The Bertz CT molecular complexity index is 1150. The lowest BCUT2D eigenvalue weighted by atomic mass is 9.95. The fourth-order valence-corrected chi connectivity index (χ4v) is 4.55. The lowest BCUT2D eigenvalue weighted by Gasteiger charge is -2.39. The first-order valence-corrected chi connectivity index (χ1v) is 11.3. The molecular formula is C26H25ClN2O3. The van der Waals surface area contributed by atoms with Gasteiger partial charge in [-0.1, -0.05) is 41.9 Å². The Labute approximate surface area is 193 Å². The van der Waals surface area contributed by atoms with Crippen molar-refractivity contribution in [2.75, 3.05) is 13.2 Å². The second-order valence-corrected chi connectivity index (χ2v) is 8.11. The molecule has 0 amide bonds. The van der Waals surface area contributed by atoms with Gasteiger partial charge in [0.25, 0.3) is 0 Å². The molecule has 5 rings (SSSR count). The molecular weight excluding hydrogens is 424 g/mol. The van der Waals surface area contributed by atoms with Crippen LogP contribution in [-0.2, 0) is 0 Å². The zero-order valence-electron chi connectivity index (χ0n) is 18.1.